The molecule has 16 heavy (non-hydrogen) atoms. The highest BCUT2D eigenvalue weighted by Gasteiger charge is 2.02. The Hall–Kier alpha value is -1.28. The average molecular weight is 231 g/mol. The summed E-state index contributed by atoms with van der Waals surface area (Å²) in [6, 6.07) is 13.3. The van der Waals surface area contributed by atoms with Gasteiger partial charge < -0.3 is 5.32 Å². The van der Waals surface area contributed by atoms with Gasteiger partial charge >= 0.3 is 0 Å². The highest BCUT2D eigenvalue weighted by Crippen LogP contribution is 2.15. The summed E-state index contributed by atoms with van der Waals surface area (Å²) < 4.78 is 0. The van der Waals surface area contributed by atoms with Crippen molar-refractivity contribution < 1.29 is 0 Å². The molecule has 0 spiro atoms. The number of benzene rings is 1. The van der Waals surface area contributed by atoms with Gasteiger partial charge in [-0.1, -0.05) is 30.3 Å². The van der Waals surface area contributed by atoms with Gasteiger partial charge in [0.1, 0.15) is 0 Å². The summed E-state index contributed by atoms with van der Waals surface area (Å²) in [6.07, 6.45) is 2.30. The Bertz CT molecular complexity index is 394. The van der Waals surface area contributed by atoms with Crippen molar-refractivity contribution >= 4 is 17.0 Å². The first kappa shape index (κ1) is 11.2. The van der Waals surface area contributed by atoms with E-state index in [9.17, 15) is 0 Å². The Balaban J connectivity index is 1.78. The standard InChI is InChI=1S/C14H17NS/c1-12(15-14-9-10-16-11-14)7-8-13-5-3-2-4-6-13/h2-6,9-12,15H,7-8H2,1H3. The molecule has 0 aliphatic heterocycles. The number of hydrogen-bond acceptors (Lipinski definition) is 2. The van der Waals surface area contributed by atoms with Crippen molar-refractivity contribution in [1.29, 1.82) is 0 Å². The van der Waals surface area contributed by atoms with Crippen LogP contribution in [0.1, 0.15) is 18.9 Å². The molecule has 1 atom stereocenters. The normalized spacial score (nSPS) is 12.3. The van der Waals surface area contributed by atoms with Crippen LogP contribution in [0.3, 0.4) is 0 Å². The van der Waals surface area contributed by atoms with E-state index in [1.54, 1.807) is 11.3 Å². The second-order valence-corrected chi connectivity index (χ2v) is 4.86. The number of nitrogens with one attached hydrogen (secondary N) is 1. The van der Waals surface area contributed by atoms with Crippen LogP contribution < -0.4 is 5.32 Å². The largest absolute Gasteiger partial charge is 0.382 e. The molecule has 1 aromatic carbocycles. The molecular formula is C14H17NS. The van der Waals surface area contributed by atoms with Gasteiger partial charge in [-0.3, -0.25) is 0 Å². The Kier molecular flexibility index (Phi) is 4.00. The fourth-order valence-corrected chi connectivity index (χ4v) is 2.33. The monoisotopic (exact) mass is 231 g/mol. The molecule has 0 amide bonds. The van der Waals surface area contributed by atoms with E-state index < -0.39 is 0 Å². The third-order valence-corrected chi connectivity index (χ3v) is 3.33. The van der Waals surface area contributed by atoms with Crippen molar-refractivity contribution in [1.82, 2.24) is 0 Å². The molecule has 0 saturated carbocycles. The molecule has 0 bridgehead atoms. The molecule has 1 N–H and O–H groups in total. The van der Waals surface area contributed by atoms with Gasteiger partial charge in [0.05, 0.1) is 0 Å². The number of hydrogen-bond donors (Lipinski definition) is 1. The van der Waals surface area contributed by atoms with Gasteiger partial charge in [0.25, 0.3) is 0 Å². The molecule has 2 heteroatoms. The van der Waals surface area contributed by atoms with Crippen LogP contribution in [0.5, 0.6) is 0 Å². The smallest absolute Gasteiger partial charge is 0.0450 e. The summed E-state index contributed by atoms with van der Waals surface area (Å²) in [5.74, 6) is 0. The minimum Gasteiger partial charge on any atom is -0.382 e. The van der Waals surface area contributed by atoms with Gasteiger partial charge in [0, 0.05) is 17.1 Å². The molecule has 84 valence electrons. The quantitative estimate of drug-likeness (QED) is 0.814. The molecule has 2 aromatic rings. The summed E-state index contributed by atoms with van der Waals surface area (Å²) in [4.78, 5) is 0. The van der Waals surface area contributed by atoms with Crippen LogP contribution >= 0.6 is 11.3 Å². The molecule has 0 aliphatic carbocycles. The molecule has 0 radical (unpaired) electrons. The zero-order chi connectivity index (χ0) is 11.2. The van der Waals surface area contributed by atoms with Crippen LogP contribution in [0.25, 0.3) is 0 Å². The van der Waals surface area contributed by atoms with E-state index >= 15 is 0 Å². The van der Waals surface area contributed by atoms with Gasteiger partial charge in [-0.2, -0.15) is 11.3 Å². The average Bonchev–Trinajstić information content (AvgIpc) is 2.81. The molecule has 0 fully saturated rings. The minimum atomic E-state index is 0.523. The van der Waals surface area contributed by atoms with E-state index in [-0.39, 0.29) is 0 Å². The molecule has 1 nitrogen and oxygen atoms in total. The van der Waals surface area contributed by atoms with Gasteiger partial charge in [0.15, 0.2) is 0 Å². The lowest BCUT2D eigenvalue weighted by Gasteiger charge is -2.13. The number of rotatable bonds is 5. The molecular weight excluding hydrogens is 214 g/mol. The van der Waals surface area contributed by atoms with E-state index in [0.717, 1.165) is 6.42 Å². The van der Waals surface area contributed by atoms with E-state index in [2.05, 4.69) is 59.4 Å². The Morgan fingerprint density at radius 1 is 1.19 bits per heavy atom. The maximum Gasteiger partial charge on any atom is 0.0450 e. The Labute approximate surface area is 101 Å². The summed E-state index contributed by atoms with van der Waals surface area (Å²) in [5, 5.41) is 7.76. The molecule has 2 rings (SSSR count). The molecule has 0 saturated heterocycles. The van der Waals surface area contributed by atoms with E-state index in [1.807, 2.05) is 0 Å². The summed E-state index contributed by atoms with van der Waals surface area (Å²) >= 11 is 1.73. The van der Waals surface area contributed by atoms with Gasteiger partial charge in [-0.25, -0.2) is 0 Å². The second-order valence-electron chi connectivity index (χ2n) is 4.08. The Morgan fingerprint density at radius 2 is 2.00 bits per heavy atom. The van der Waals surface area contributed by atoms with Crippen LogP contribution in [0, 0.1) is 0 Å². The van der Waals surface area contributed by atoms with Crippen molar-refractivity contribution in [3.8, 4) is 0 Å². The van der Waals surface area contributed by atoms with Crippen LogP contribution in [0.15, 0.2) is 47.2 Å². The van der Waals surface area contributed by atoms with E-state index in [0.29, 0.717) is 6.04 Å². The lowest BCUT2D eigenvalue weighted by molar-refractivity contribution is 0.706. The number of aryl methyl sites for hydroxylation is 1. The Morgan fingerprint density at radius 3 is 2.69 bits per heavy atom. The fourth-order valence-electron chi connectivity index (χ4n) is 1.73. The van der Waals surface area contributed by atoms with Gasteiger partial charge in [-0.15, -0.1) is 0 Å². The third kappa shape index (κ3) is 3.38. The van der Waals surface area contributed by atoms with Gasteiger partial charge in [-0.05, 0) is 36.8 Å². The van der Waals surface area contributed by atoms with Crippen molar-refractivity contribution in [2.45, 2.75) is 25.8 Å². The van der Waals surface area contributed by atoms with Gasteiger partial charge in [0.2, 0.25) is 0 Å². The SMILES string of the molecule is CC(CCc1ccccc1)Nc1ccsc1. The van der Waals surface area contributed by atoms with E-state index in [1.165, 1.54) is 17.7 Å². The summed E-state index contributed by atoms with van der Waals surface area (Å²) in [5.41, 5.74) is 2.66. The lowest BCUT2D eigenvalue weighted by atomic mass is 10.1. The topological polar surface area (TPSA) is 12.0 Å². The molecule has 1 heterocycles. The first-order chi connectivity index (χ1) is 7.84. The van der Waals surface area contributed by atoms with Crippen LogP contribution in [-0.2, 0) is 6.42 Å². The van der Waals surface area contributed by atoms with Crippen molar-refractivity contribution in [3.63, 3.8) is 0 Å². The summed E-state index contributed by atoms with van der Waals surface area (Å²) in [7, 11) is 0. The predicted octanol–water partition coefficient (Wildman–Crippen LogP) is 4.18. The number of thiophene rings is 1. The second kappa shape index (κ2) is 5.71. The molecule has 0 aliphatic rings. The molecule has 1 aromatic heterocycles. The van der Waals surface area contributed by atoms with Crippen molar-refractivity contribution in [2.24, 2.45) is 0 Å². The first-order valence-corrected chi connectivity index (χ1v) is 6.61. The predicted molar refractivity (Wildman–Crippen MR) is 72.2 cm³/mol. The highest BCUT2D eigenvalue weighted by molar-refractivity contribution is 7.08. The van der Waals surface area contributed by atoms with Crippen molar-refractivity contribution in [3.05, 3.63) is 52.7 Å². The van der Waals surface area contributed by atoms with Crippen LogP contribution in [-0.4, -0.2) is 6.04 Å². The minimum absolute atomic E-state index is 0.523. The number of anilines is 1. The zero-order valence-corrected chi connectivity index (χ0v) is 10.3. The van der Waals surface area contributed by atoms with Crippen LogP contribution in [0.2, 0.25) is 0 Å². The first-order valence-electron chi connectivity index (χ1n) is 5.67. The lowest BCUT2D eigenvalue weighted by Crippen LogP contribution is -2.15. The zero-order valence-electron chi connectivity index (χ0n) is 9.52. The third-order valence-electron chi connectivity index (χ3n) is 2.64. The fraction of sp³-hybridized carbons (Fsp3) is 0.286. The maximum absolute atomic E-state index is 3.50. The van der Waals surface area contributed by atoms with Crippen LogP contribution in [0.4, 0.5) is 5.69 Å². The van der Waals surface area contributed by atoms with E-state index in [4.69, 9.17) is 0 Å². The highest BCUT2D eigenvalue weighted by atomic mass is 32.1. The molecule has 1 unspecified atom stereocenters. The summed E-state index contributed by atoms with van der Waals surface area (Å²) in [6.45, 7) is 2.24. The maximum atomic E-state index is 3.50. The van der Waals surface area contributed by atoms with Crippen molar-refractivity contribution in [2.75, 3.05) is 5.32 Å².